The average Bonchev–Trinajstić information content (AvgIpc) is 2.73. The van der Waals surface area contributed by atoms with Crippen LogP contribution in [-0.2, 0) is 0 Å². The molecule has 0 spiro atoms. The number of aliphatic hydroxyl groups is 1. The number of aliphatic hydroxyl groups excluding tert-OH is 1. The molecule has 0 atom stereocenters. The predicted molar refractivity (Wildman–Crippen MR) is 53.5 cm³/mol. The van der Waals surface area contributed by atoms with Gasteiger partial charge in [-0.05, 0) is 6.07 Å². The van der Waals surface area contributed by atoms with E-state index in [0.717, 1.165) is 0 Å². The van der Waals surface area contributed by atoms with Crippen molar-refractivity contribution in [2.24, 2.45) is 0 Å². The molecule has 2 rings (SSSR count). The lowest BCUT2D eigenvalue weighted by Crippen LogP contribution is -2.31. The Morgan fingerprint density at radius 1 is 1.44 bits per heavy atom. The molecule has 0 aliphatic carbocycles. The Kier molecular flexibility index (Phi) is 2.69. The third-order valence-corrected chi connectivity index (χ3v) is 2.02. The summed E-state index contributed by atoms with van der Waals surface area (Å²) in [4.78, 5) is 4.05. The summed E-state index contributed by atoms with van der Waals surface area (Å²) in [6, 6.07) is 3.20. The highest BCUT2D eigenvalue weighted by Gasteiger charge is 2.27. The summed E-state index contributed by atoms with van der Waals surface area (Å²) >= 11 is 0. The highest BCUT2D eigenvalue weighted by molar-refractivity contribution is 5.45. The molecule has 0 saturated carbocycles. The van der Waals surface area contributed by atoms with Crippen molar-refractivity contribution in [3.05, 3.63) is 24.5 Å². The highest BCUT2D eigenvalue weighted by atomic mass is 19.3. The maximum Gasteiger partial charge on any atom is 0.287 e. The zero-order chi connectivity index (χ0) is 11.6. The number of hydrogen-bond acceptors (Lipinski definition) is 4. The number of fused-ring (bicyclic) bond motifs is 1. The van der Waals surface area contributed by atoms with Crippen LogP contribution in [0.25, 0.3) is 5.65 Å². The SMILES string of the molecule is OCC(F)(F)CNc1ccn2nccc2n1. The number of rotatable bonds is 4. The molecule has 0 fully saturated rings. The van der Waals surface area contributed by atoms with Gasteiger partial charge in [0.2, 0.25) is 0 Å². The van der Waals surface area contributed by atoms with Crippen molar-refractivity contribution in [2.45, 2.75) is 5.92 Å². The van der Waals surface area contributed by atoms with Crippen LogP contribution < -0.4 is 5.32 Å². The molecular weight excluding hydrogens is 218 g/mol. The molecule has 7 heteroatoms. The Hall–Kier alpha value is -1.76. The van der Waals surface area contributed by atoms with Gasteiger partial charge in [-0.2, -0.15) is 5.10 Å². The largest absolute Gasteiger partial charge is 0.390 e. The van der Waals surface area contributed by atoms with Gasteiger partial charge in [-0.3, -0.25) is 0 Å². The van der Waals surface area contributed by atoms with Crippen LogP contribution in [-0.4, -0.2) is 38.8 Å². The lowest BCUT2D eigenvalue weighted by Gasteiger charge is -2.14. The standard InChI is InChI=1S/C9H10F2N4O/c10-9(11,6-16)5-12-7-2-4-15-8(14-7)1-3-13-15/h1-4,16H,5-6H2,(H,12,14). The van der Waals surface area contributed by atoms with Gasteiger partial charge in [0.1, 0.15) is 12.4 Å². The summed E-state index contributed by atoms with van der Waals surface area (Å²) in [5.41, 5.74) is 0.567. The molecule has 0 amide bonds. The van der Waals surface area contributed by atoms with Crippen LogP contribution in [0.2, 0.25) is 0 Å². The summed E-state index contributed by atoms with van der Waals surface area (Å²) in [5, 5.41) is 14.8. The van der Waals surface area contributed by atoms with Crippen LogP contribution in [0, 0.1) is 0 Å². The van der Waals surface area contributed by atoms with Crippen molar-refractivity contribution in [1.29, 1.82) is 0 Å². The number of nitrogens with zero attached hydrogens (tertiary/aromatic N) is 3. The Morgan fingerprint density at radius 2 is 2.25 bits per heavy atom. The Labute approximate surface area is 89.7 Å². The zero-order valence-corrected chi connectivity index (χ0v) is 8.27. The van der Waals surface area contributed by atoms with E-state index in [9.17, 15) is 8.78 Å². The van der Waals surface area contributed by atoms with Crippen molar-refractivity contribution in [2.75, 3.05) is 18.5 Å². The lowest BCUT2D eigenvalue weighted by molar-refractivity contribution is -0.0373. The van der Waals surface area contributed by atoms with Crippen molar-refractivity contribution < 1.29 is 13.9 Å². The molecule has 5 nitrogen and oxygen atoms in total. The van der Waals surface area contributed by atoms with Gasteiger partial charge >= 0.3 is 0 Å². The quantitative estimate of drug-likeness (QED) is 0.811. The molecule has 0 aliphatic rings. The van der Waals surface area contributed by atoms with Crippen LogP contribution in [0.15, 0.2) is 24.5 Å². The molecular formula is C9H10F2N4O. The molecule has 2 aromatic heterocycles. The molecule has 0 aliphatic heterocycles. The third kappa shape index (κ3) is 2.25. The highest BCUT2D eigenvalue weighted by Crippen LogP contribution is 2.13. The van der Waals surface area contributed by atoms with E-state index in [4.69, 9.17) is 5.11 Å². The first-order valence-corrected chi connectivity index (χ1v) is 4.64. The van der Waals surface area contributed by atoms with Crippen LogP contribution >= 0.6 is 0 Å². The molecule has 2 aromatic rings. The second-order valence-electron chi connectivity index (χ2n) is 3.31. The van der Waals surface area contributed by atoms with Gasteiger partial charge in [-0.15, -0.1) is 0 Å². The van der Waals surface area contributed by atoms with E-state index in [1.165, 1.54) is 10.6 Å². The van der Waals surface area contributed by atoms with Gasteiger partial charge in [0.15, 0.2) is 5.65 Å². The van der Waals surface area contributed by atoms with Crippen LogP contribution in [0.5, 0.6) is 0 Å². The second kappa shape index (κ2) is 4.01. The van der Waals surface area contributed by atoms with Crippen molar-refractivity contribution in [3.63, 3.8) is 0 Å². The van der Waals surface area contributed by atoms with E-state index >= 15 is 0 Å². The van der Waals surface area contributed by atoms with E-state index in [2.05, 4.69) is 15.4 Å². The first-order chi connectivity index (χ1) is 7.61. The average molecular weight is 228 g/mol. The molecule has 0 unspecified atom stereocenters. The topological polar surface area (TPSA) is 62.5 Å². The van der Waals surface area contributed by atoms with Gasteiger partial charge in [-0.1, -0.05) is 0 Å². The van der Waals surface area contributed by atoms with Crippen molar-refractivity contribution in [3.8, 4) is 0 Å². The fourth-order valence-corrected chi connectivity index (χ4v) is 1.19. The predicted octanol–water partition coefficient (Wildman–Crippen LogP) is 0.769. The molecule has 0 bridgehead atoms. The summed E-state index contributed by atoms with van der Waals surface area (Å²) in [5.74, 6) is -2.82. The number of aromatic nitrogens is 3. The van der Waals surface area contributed by atoms with Gasteiger partial charge in [0, 0.05) is 12.3 Å². The Morgan fingerprint density at radius 3 is 3.00 bits per heavy atom. The van der Waals surface area contributed by atoms with Crippen molar-refractivity contribution >= 4 is 11.5 Å². The van der Waals surface area contributed by atoms with Crippen LogP contribution in [0.4, 0.5) is 14.6 Å². The minimum atomic E-state index is -3.14. The summed E-state index contributed by atoms with van der Waals surface area (Å²) < 4.78 is 27.0. The Bertz CT molecular complexity index is 485. The lowest BCUT2D eigenvalue weighted by atomic mass is 10.3. The van der Waals surface area contributed by atoms with E-state index in [0.29, 0.717) is 11.5 Å². The molecule has 16 heavy (non-hydrogen) atoms. The fourth-order valence-electron chi connectivity index (χ4n) is 1.19. The normalized spacial score (nSPS) is 11.9. The zero-order valence-electron chi connectivity index (χ0n) is 8.27. The smallest absolute Gasteiger partial charge is 0.287 e. The molecule has 86 valence electrons. The third-order valence-electron chi connectivity index (χ3n) is 2.02. The summed E-state index contributed by atoms with van der Waals surface area (Å²) in [7, 11) is 0. The summed E-state index contributed by atoms with van der Waals surface area (Å²) in [6.45, 7) is -1.84. The number of anilines is 1. The number of nitrogens with one attached hydrogen (secondary N) is 1. The van der Waals surface area contributed by atoms with Crippen molar-refractivity contribution in [1.82, 2.24) is 14.6 Å². The maximum absolute atomic E-state index is 12.7. The molecule has 0 radical (unpaired) electrons. The molecule has 0 aromatic carbocycles. The van der Waals surface area contributed by atoms with E-state index < -0.39 is 19.1 Å². The monoisotopic (exact) mass is 228 g/mol. The van der Waals surface area contributed by atoms with Gasteiger partial charge in [0.25, 0.3) is 5.92 Å². The number of halogens is 2. The number of hydrogen-bond donors (Lipinski definition) is 2. The first kappa shape index (κ1) is 10.7. The molecule has 2 heterocycles. The van der Waals surface area contributed by atoms with Gasteiger partial charge in [0.05, 0.1) is 12.7 Å². The Balaban J connectivity index is 2.09. The number of alkyl halides is 2. The molecule has 2 N–H and O–H groups in total. The minimum Gasteiger partial charge on any atom is -0.390 e. The van der Waals surface area contributed by atoms with E-state index in [-0.39, 0.29) is 0 Å². The van der Waals surface area contributed by atoms with Gasteiger partial charge < -0.3 is 10.4 Å². The van der Waals surface area contributed by atoms with Gasteiger partial charge in [-0.25, -0.2) is 18.3 Å². The van der Waals surface area contributed by atoms with E-state index in [1.807, 2.05) is 0 Å². The molecule has 0 saturated heterocycles. The first-order valence-electron chi connectivity index (χ1n) is 4.64. The maximum atomic E-state index is 12.7. The van der Waals surface area contributed by atoms with E-state index in [1.54, 1.807) is 18.5 Å². The summed E-state index contributed by atoms with van der Waals surface area (Å²) in [6.07, 6.45) is 3.18. The van der Waals surface area contributed by atoms with Crippen LogP contribution in [0.1, 0.15) is 0 Å². The fraction of sp³-hybridized carbons (Fsp3) is 0.333. The second-order valence-corrected chi connectivity index (χ2v) is 3.31. The van der Waals surface area contributed by atoms with Crippen LogP contribution in [0.3, 0.4) is 0 Å². The minimum absolute atomic E-state index is 0.320.